The number of carbonyl (C=O) groups is 1. The van der Waals surface area contributed by atoms with Gasteiger partial charge in [0.25, 0.3) is 0 Å². The van der Waals surface area contributed by atoms with Gasteiger partial charge in [0.05, 0.1) is 6.61 Å². The highest BCUT2D eigenvalue weighted by Gasteiger charge is 2.33. The van der Waals surface area contributed by atoms with Crippen LogP contribution in [0, 0.1) is 0 Å². The fourth-order valence-electron chi connectivity index (χ4n) is 3.25. The van der Waals surface area contributed by atoms with Gasteiger partial charge in [-0.3, -0.25) is 9.69 Å². The van der Waals surface area contributed by atoms with Gasteiger partial charge in [0, 0.05) is 25.6 Å². The quantitative estimate of drug-likeness (QED) is 0.843. The Hall–Kier alpha value is -1.19. The number of benzene rings is 1. The van der Waals surface area contributed by atoms with Gasteiger partial charge in [-0.2, -0.15) is 0 Å². The summed E-state index contributed by atoms with van der Waals surface area (Å²) >= 11 is 0. The molecule has 1 saturated heterocycles. The van der Waals surface area contributed by atoms with Crippen LogP contribution < -0.4 is 0 Å². The number of nitrogens with zero attached hydrogens (tertiary/aromatic N) is 1. The molecule has 0 saturated carbocycles. The summed E-state index contributed by atoms with van der Waals surface area (Å²) in [5.41, 5.74) is 2.76. The lowest BCUT2D eigenvalue weighted by molar-refractivity contribution is -0.137. The molecule has 3 heteroatoms. The molecule has 1 aliphatic heterocycles. The molecule has 0 bridgehead atoms. The molecule has 2 unspecified atom stereocenters. The van der Waals surface area contributed by atoms with E-state index in [2.05, 4.69) is 43.0 Å². The lowest BCUT2D eigenvalue weighted by Gasteiger charge is -2.36. The number of hydrogen-bond acceptors (Lipinski definition) is 3. The van der Waals surface area contributed by atoms with Crippen molar-refractivity contribution in [1.29, 1.82) is 0 Å². The Bertz CT molecular complexity index is 498. The molecule has 1 aromatic carbocycles. The first kappa shape index (κ1) is 13.8. The molecular weight excluding hydrogens is 250 g/mol. The second kappa shape index (κ2) is 5.66. The van der Waals surface area contributed by atoms with Crippen LogP contribution in [0.15, 0.2) is 24.3 Å². The first-order valence-electron chi connectivity index (χ1n) is 7.61. The lowest BCUT2D eigenvalue weighted by Crippen LogP contribution is -2.49. The van der Waals surface area contributed by atoms with E-state index >= 15 is 0 Å². The van der Waals surface area contributed by atoms with Crippen LogP contribution in [0.1, 0.15) is 37.3 Å². The van der Waals surface area contributed by atoms with Crippen molar-refractivity contribution in [3.05, 3.63) is 35.4 Å². The molecule has 0 spiro atoms. The zero-order valence-corrected chi connectivity index (χ0v) is 12.3. The Balaban J connectivity index is 1.58. The molecule has 0 radical (unpaired) electrons. The van der Waals surface area contributed by atoms with Gasteiger partial charge in [0.2, 0.25) is 0 Å². The van der Waals surface area contributed by atoms with E-state index in [1.54, 1.807) is 0 Å². The molecule has 1 aromatic rings. The van der Waals surface area contributed by atoms with E-state index in [0.717, 1.165) is 19.5 Å². The molecule has 0 amide bonds. The fraction of sp³-hybridized carbons (Fsp3) is 0.588. The van der Waals surface area contributed by atoms with Crippen LogP contribution in [0.25, 0.3) is 0 Å². The number of ether oxygens (including phenoxy) is 1. The largest absolute Gasteiger partial charge is 0.368 e. The monoisotopic (exact) mass is 273 g/mol. The topological polar surface area (TPSA) is 29.5 Å². The Morgan fingerprint density at radius 3 is 2.95 bits per heavy atom. The molecule has 3 nitrogen and oxygen atoms in total. The molecule has 1 heterocycles. The van der Waals surface area contributed by atoms with Crippen LogP contribution in [0.3, 0.4) is 0 Å². The van der Waals surface area contributed by atoms with E-state index in [1.165, 1.54) is 11.1 Å². The number of rotatable bonds is 4. The Morgan fingerprint density at radius 1 is 1.40 bits per heavy atom. The number of carbonyl (C=O) groups excluding carboxylic acids is 1. The molecule has 0 aromatic heterocycles. The second-order valence-electron chi connectivity index (χ2n) is 6.22. The molecule has 2 aliphatic rings. The fourth-order valence-corrected chi connectivity index (χ4v) is 3.25. The zero-order valence-electron chi connectivity index (χ0n) is 12.3. The number of fused-ring (bicyclic) bond motifs is 1. The van der Waals surface area contributed by atoms with Gasteiger partial charge < -0.3 is 4.74 Å². The molecule has 3 rings (SSSR count). The maximum absolute atomic E-state index is 12.4. The van der Waals surface area contributed by atoms with Gasteiger partial charge in [0.15, 0.2) is 5.78 Å². The van der Waals surface area contributed by atoms with E-state index in [0.29, 0.717) is 25.0 Å². The first-order valence-corrected chi connectivity index (χ1v) is 7.61. The molecule has 1 aliphatic carbocycles. The standard InChI is InChI=1S/C17H23NO2/c1-12(2)18-7-8-20-17(11-18)16(19)10-14-9-13-5-3-4-6-15(13)14/h3-6,12,14,17H,7-11H2,1-2H3. The summed E-state index contributed by atoms with van der Waals surface area (Å²) in [6, 6.07) is 8.93. The molecule has 1 fully saturated rings. The van der Waals surface area contributed by atoms with Crippen molar-refractivity contribution in [3.8, 4) is 0 Å². The van der Waals surface area contributed by atoms with Crippen LogP contribution in [0.2, 0.25) is 0 Å². The number of Topliss-reactive ketones (excluding diaryl/α,β-unsaturated/α-hetero) is 1. The average molecular weight is 273 g/mol. The van der Waals surface area contributed by atoms with Crippen molar-refractivity contribution in [2.45, 2.75) is 44.8 Å². The van der Waals surface area contributed by atoms with E-state index in [9.17, 15) is 4.79 Å². The Labute approximate surface area is 120 Å². The third-order valence-electron chi connectivity index (χ3n) is 4.60. The van der Waals surface area contributed by atoms with Gasteiger partial charge in [0.1, 0.15) is 6.10 Å². The highest BCUT2D eigenvalue weighted by Crippen LogP contribution is 2.37. The smallest absolute Gasteiger partial charge is 0.163 e. The van der Waals surface area contributed by atoms with Crippen molar-refractivity contribution in [2.24, 2.45) is 0 Å². The van der Waals surface area contributed by atoms with Crippen LogP contribution in [0.4, 0.5) is 0 Å². The number of morpholine rings is 1. The first-order chi connectivity index (χ1) is 9.65. The zero-order chi connectivity index (χ0) is 14.1. The maximum atomic E-state index is 12.4. The minimum absolute atomic E-state index is 0.223. The third-order valence-corrected chi connectivity index (χ3v) is 4.60. The molecule has 0 N–H and O–H groups in total. The van der Waals surface area contributed by atoms with Gasteiger partial charge in [-0.1, -0.05) is 24.3 Å². The Morgan fingerprint density at radius 2 is 2.20 bits per heavy atom. The predicted octanol–water partition coefficient (Wildman–Crippen LogP) is 2.39. The third kappa shape index (κ3) is 2.65. The summed E-state index contributed by atoms with van der Waals surface area (Å²) in [6.07, 6.45) is 1.45. The van der Waals surface area contributed by atoms with E-state index in [-0.39, 0.29) is 11.9 Å². The van der Waals surface area contributed by atoms with Crippen LogP contribution in [-0.2, 0) is 16.0 Å². The molecule has 2 atom stereocenters. The van der Waals surface area contributed by atoms with Crippen molar-refractivity contribution < 1.29 is 9.53 Å². The summed E-state index contributed by atoms with van der Waals surface area (Å²) < 4.78 is 5.69. The number of ketones is 1. The highest BCUT2D eigenvalue weighted by molar-refractivity contribution is 5.84. The Kier molecular flexibility index (Phi) is 3.90. The predicted molar refractivity (Wildman–Crippen MR) is 79.0 cm³/mol. The minimum Gasteiger partial charge on any atom is -0.368 e. The summed E-state index contributed by atoms with van der Waals surface area (Å²) in [5.74, 6) is 0.687. The van der Waals surface area contributed by atoms with E-state index in [1.807, 2.05) is 0 Å². The van der Waals surface area contributed by atoms with Crippen LogP contribution in [0.5, 0.6) is 0 Å². The second-order valence-corrected chi connectivity index (χ2v) is 6.22. The summed E-state index contributed by atoms with van der Waals surface area (Å²) in [5, 5.41) is 0. The van der Waals surface area contributed by atoms with Gasteiger partial charge >= 0.3 is 0 Å². The van der Waals surface area contributed by atoms with Gasteiger partial charge in [-0.25, -0.2) is 0 Å². The highest BCUT2D eigenvalue weighted by atomic mass is 16.5. The SMILES string of the molecule is CC(C)N1CCOC(C(=O)CC2Cc3ccccc32)C1. The van der Waals surface area contributed by atoms with Crippen molar-refractivity contribution in [2.75, 3.05) is 19.7 Å². The van der Waals surface area contributed by atoms with Gasteiger partial charge in [-0.05, 0) is 37.3 Å². The van der Waals surface area contributed by atoms with Crippen LogP contribution >= 0.6 is 0 Å². The summed E-state index contributed by atoms with van der Waals surface area (Å²) in [4.78, 5) is 14.8. The molecule has 108 valence electrons. The number of hydrogen-bond donors (Lipinski definition) is 0. The maximum Gasteiger partial charge on any atom is 0.163 e. The van der Waals surface area contributed by atoms with E-state index < -0.39 is 0 Å². The lowest BCUT2D eigenvalue weighted by atomic mass is 9.74. The van der Waals surface area contributed by atoms with Crippen molar-refractivity contribution >= 4 is 5.78 Å². The average Bonchev–Trinajstić information content (AvgIpc) is 2.44. The van der Waals surface area contributed by atoms with Crippen LogP contribution in [-0.4, -0.2) is 42.5 Å². The van der Waals surface area contributed by atoms with Gasteiger partial charge in [-0.15, -0.1) is 0 Å². The molecule has 20 heavy (non-hydrogen) atoms. The summed E-state index contributed by atoms with van der Waals surface area (Å²) in [7, 11) is 0. The minimum atomic E-state index is -0.223. The van der Waals surface area contributed by atoms with Crippen molar-refractivity contribution in [3.63, 3.8) is 0 Å². The summed E-state index contributed by atoms with van der Waals surface area (Å²) in [6.45, 7) is 6.72. The van der Waals surface area contributed by atoms with E-state index in [4.69, 9.17) is 4.74 Å². The normalized spacial score (nSPS) is 26.1. The molecular formula is C17H23NO2. The van der Waals surface area contributed by atoms with Crippen molar-refractivity contribution in [1.82, 2.24) is 4.90 Å².